The molecule has 1 aromatic carbocycles. The molecule has 1 aliphatic heterocycles. The lowest BCUT2D eigenvalue weighted by molar-refractivity contribution is -0.170. The molecule has 0 aliphatic carbocycles. The van der Waals surface area contributed by atoms with Crippen molar-refractivity contribution in [3.63, 3.8) is 0 Å². The number of esters is 1. The van der Waals surface area contributed by atoms with Gasteiger partial charge in [-0.2, -0.15) is 0 Å². The van der Waals surface area contributed by atoms with Crippen molar-refractivity contribution in [1.29, 1.82) is 0 Å². The predicted molar refractivity (Wildman–Crippen MR) is 64.0 cm³/mol. The maximum atomic E-state index is 13.1. The van der Waals surface area contributed by atoms with Gasteiger partial charge in [0.15, 0.2) is 0 Å². The van der Waals surface area contributed by atoms with Gasteiger partial charge in [0.25, 0.3) is 5.60 Å². The lowest BCUT2D eigenvalue weighted by Gasteiger charge is -2.20. The van der Waals surface area contributed by atoms with Crippen LogP contribution in [0.3, 0.4) is 0 Å². The van der Waals surface area contributed by atoms with Crippen LogP contribution in [-0.2, 0) is 14.4 Å². The molecule has 0 saturated heterocycles. The highest BCUT2D eigenvalue weighted by Gasteiger charge is 2.48. The van der Waals surface area contributed by atoms with Crippen LogP contribution >= 0.6 is 0 Å². The van der Waals surface area contributed by atoms with Crippen molar-refractivity contribution in [2.45, 2.75) is 18.9 Å². The molecular weight excluding hydrogens is 256 g/mol. The molecule has 1 atom stereocenters. The Morgan fingerprint density at radius 3 is 3.00 bits per heavy atom. The summed E-state index contributed by atoms with van der Waals surface area (Å²) in [6.07, 6.45) is -0.0776. The SMILES string of the molecule is CCOC(=O)C1(CF)CC(c2cccc(F)c2)=NO1. The van der Waals surface area contributed by atoms with Crippen LogP contribution in [0.5, 0.6) is 0 Å². The zero-order chi connectivity index (χ0) is 13.9. The molecule has 19 heavy (non-hydrogen) atoms. The van der Waals surface area contributed by atoms with Gasteiger partial charge in [-0.05, 0) is 19.1 Å². The van der Waals surface area contributed by atoms with E-state index in [0.29, 0.717) is 11.3 Å². The van der Waals surface area contributed by atoms with Gasteiger partial charge in [-0.25, -0.2) is 13.6 Å². The maximum Gasteiger partial charge on any atom is 0.356 e. The van der Waals surface area contributed by atoms with E-state index in [9.17, 15) is 13.6 Å². The van der Waals surface area contributed by atoms with Gasteiger partial charge in [-0.1, -0.05) is 17.3 Å². The number of nitrogens with zero attached hydrogens (tertiary/aromatic N) is 1. The second-order valence-electron chi connectivity index (χ2n) is 4.16. The minimum atomic E-state index is -1.74. The number of carbonyl (C=O) groups is 1. The fourth-order valence-electron chi connectivity index (χ4n) is 1.80. The smallest absolute Gasteiger partial charge is 0.356 e. The zero-order valence-electron chi connectivity index (χ0n) is 10.4. The Morgan fingerprint density at radius 2 is 2.37 bits per heavy atom. The molecule has 6 heteroatoms. The van der Waals surface area contributed by atoms with Crippen LogP contribution in [0.2, 0.25) is 0 Å². The average Bonchev–Trinajstić information content (AvgIpc) is 2.85. The third kappa shape index (κ3) is 2.57. The number of rotatable bonds is 4. The van der Waals surface area contributed by atoms with Gasteiger partial charge in [0, 0.05) is 5.56 Å². The third-order valence-corrected chi connectivity index (χ3v) is 2.80. The lowest BCUT2D eigenvalue weighted by atomic mass is 9.95. The summed E-state index contributed by atoms with van der Waals surface area (Å²) in [4.78, 5) is 16.6. The first-order chi connectivity index (χ1) is 9.11. The van der Waals surface area contributed by atoms with E-state index in [1.54, 1.807) is 13.0 Å². The van der Waals surface area contributed by atoms with Crippen molar-refractivity contribution in [1.82, 2.24) is 0 Å². The quantitative estimate of drug-likeness (QED) is 0.787. The van der Waals surface area contributed by atoms with Gasteiger partial charge in [0.05, 0.1) is 18.7 Å². The summed E-state index contributed by atoms with van der Waals surface area (Å²) in [5, 5.41) is 3.68. The van der Waals surface area contributed by atoms with Crippen molar-refractivity contribution in [3.8, 4) is 0 Å². The van der Waals surface area contributed by atoms with Crippen LogP contribution in [0.15, 0.2) is 29.4 Å². The van der Waals surface area contributed by atoms with Gasteiger partial charge in [0.1, 0.15) is 12.5 Å². The molecule has 0 spiro atoms. The Kier molecular flexibility index (Phi) is 3.78. The highest BCUT2D eigenvalue weighted by Crippen LogP contribution is 2.29. The topological polar surface area (TPSA) is 47.9 Å². The highest BCUT2D eigenvalue weighted by atomic mass is 19.1. The van der Waals surface area contributed by atoms with Gasteiger partial charge in [0.2, 0.25) is 0 Å². The fourth-order valence-corrected chi connectivity index (χ4v) is 1.80. The van der Waals surface area contributed by atoms with Crippen LogP contribution in [0.1, 0.15) is 18.9 Å². The number of ether oxygens (including phenoxy) is 1. The molecule has 1 aliphatic rings. The van der Waals surface area contributed by atoms with Crippen LogP contribution in [0.25, 0.3) is 0 Å². The van der Waals surface area contributed by atoms with E-state index in [4.69, 9.17) is 9.57 Å². The Labute approximate surface area is 109 Å². The molecule has 0 N–H and O–H groups in total. The lowest BCUT2D eigenvalue weighted by Crippen LogP contribution is -2.42. The number of benzene rings is 1. The Balaban J connectivity index is 2.19. The fraction of sp³-hybridized carbons (Fsp3) is 0.385. The Morgan fingerprint density at radius 1 is 1.58 bits per heavy atom. The number of alkyl halides is 1. The predicted octanol–water partition coefficient (Wildman–Crippen LogP) is 2.22. The molecule has 0 fully saturated rings. The van der Waals surface area contributed by atoms with E-state index in [1.165, 1.54) is 18.2 Å². The first-order valence-corrected chi connectivity index (χ1v) is 5.85. The minimum absolute atomic E-state index is 0.0776. The van der Waals surface area contributed by atoms with Gasteiger partial charge in [-0.3, -0.25) is 0 Å². The average molecular weight is 269 g/mol. The summed E-state index contributed by atoms with van der Waals surface area (Å²) in [6, 6.07) is 5.66. The van der Waals surface area contributed by atoms with Gasteiger partial charge < -0.3 is 9.57 Å². The normalized spacial score (nSPS) is 21.7. The molecule has 102 valence electrons. The summed E-state index contributed by atoms with van der Waals surface area (Å²) < 4.78 is 31.0. The second-order valence-corrected chi connectivity index (χ2v) is 4.16. The molecule has 4 nitrogen and oxygen atoms in total. The van der Waals surface area contributed by atoms with E-state index in [2.05, 4.69) is 5.16 Å². The summed E-state index contributed by atoms with van der Waals surface area (Å²) in [5.41, 5.74) is -0.956. The number of carbonyl (C=O) groups excluding carboxylic acids is 1. The number of hydrogen-bond donors (Lipinski definition) is 0. The van der Waals surface area contributed by atoms with Crippen LogP contribution < -0.4 is 0 Å². The van der Waals surface area contributed by atoms with Crippen LogP contribution in [-0.4, -0.2) is 30.6 Å². The first-order valence-electron chi connectivity index (χ1n) is 5.85. The molecule has 1 unspecified atom stereocenters. The molecule has 1 heterocycles. The first kappa shape index (κ1) is 13.5. The molecule has 1 aromatic rings. The summed E-state index contributed by atoms with van der Waals surface area (Å²) in [6.45, 7) is 0.695. The minimum Gasteiger partial charge on any atom is -0.463 e. The molecule has 0 aromatic heterocycles. The van der Waals surface area contributed by atoms with Gasteiger partial charge in [-0.15, -0.1) is 0 Å². The highest BCUT2D eigenvalue weighted by molar-refractivity contribution is 6.04. The van der Waals surface area contributed by atoms with Crippen molar-refractivity contribution < 1.29 is 23.1 Å². The Hall–Kier alpha value is -1.98. The Bertz CT molecular complexity index is 518. The largest absolute Gasteiger partial charge is 0.463 e. The van der Waals surface area contributed by atoms with Crippen molar-refractivity contribution in [2.24, 2.45) is 5.16 Å². The van der Waals surface area contributed by atoms with E-state index >= 15 is 0 Å². The van der Waals surface area contributed by atoms with E-state index in [0.717, 1.165) is 0 Å². The third-order valence-electron chi connectivity index (χ3n) is 2.80. The second kappa shape index (κ2) is 5.34. The zero-order valence-corrected chi connectivity index (χ0v) is 10.4. The summed E-state index contributed by atoms with van der Waals surface area (Å²) in [5.74, 6) is -1.23. The van der Waals surface area contributed by atoms with Crippen LogP contribution in [0, 0.1) is 5.82 Å². The molecular formula is C13H13F2NO3. The number of oxime groups is 1. The van der Waals surface area contributed by atoms with Gasteiger partial charge >= 0.3 is 5.97 Å². The van der Waals surface area contributed by atoms with Crippen molar-refractivity contribution in [2.75, 3.05) is 13.3 Å². The molecule has 0 bridgehead atoms. The molecule has 0 radical (unpaired) electrons. The molecule has 0 amide bonds. The van der Waals surface area contributed by atoms with Crippen molar-refractivity contribution in [3.05, 3.63) is 35.6 Å². The molecule has 2 rings (SSSR count). The number of hydrogen-bond acceptors (Lipinski definition) is 4. The van der Waals surface area contributed by atoms with E-state index in [-0.39, 0.29) is 13.0 Å². The van der Waals surface area contributed by atoms with Crippen LogP contribution in [0.4, 0.5) is 8.78 Å². The van der Waals surface area contributed by atoms with Crippen molar-refractivity contribution >= 4 is 11.7 Å². The monoisotopic (exact) mass is 269 g/mol. The van der Waals surface area contributed by atoms with E-state index < -0.39 is 24.1 Å². The standard InChI is InChI=1S/C13H13F2NO3/c1-2-18-12(17)13(8-14)7-11(16-19-13)9-4-3-5-10(15)6-9/h3-6H,2,7-8H2,1H3. The maximum absolute atomic E-state index is 13.1. The summed E-state index contributed by atoms with van der Waals surface area (Å²) >= 11 is 0. The number of halogens is 2. The summed E-state index contributed by atoms with van der Waals surface area (Å²) in [7, 11) is 0. The van der Waals surface area contributed by atoms with E-state index in [1.807, 2.05) is 0 Å². The molecule has 0 saturated carbocycles.